The summed E-state index contributed by atoms with van der Waals surface area (Å²) in [6.07, 6.45) is 1.33. The van der Waals surface area contributed by atoms with Gasteiger partial charge in [0, 0.05) is 7.05 Å². The number of hydrogen-bond acceptors (Lipinski definition) is 4. The molecule has 2 rings (SSSR count). The van der Waals surface area contributed by atoms with Gasteiger partial charge in [-0.15, -0.1) is 0 Å². The number of aromatic hydroxyl groups is 1. The van der Waals surface area contributed by atoms with Gasteiger partial charge < -0.3 is 5.11 Å². The van der Waals surface area contributed by atoms with E-state index in [1.165, 1.54) is 6.33 Å². The molecule has 12 heavy (non-hydrogen) atoms. The molecule has 5 heteroatoms. The second-order valence-corrected chi connectivity index (χ2v) is 2.60. The van der Waals surface area contributed by atoms with Crippen LogP contribution in [0.3, 0.4) is 0 Å². The highest BCUT2D eigenvalue weighted by molar-refractivity contribution is 5.81. The molecule has 2 heterocycles. The van der Waals surface area contributed by atoms with E-state index in [1.807, 2.05) is 6.92 Å². The maximum atomic E-state index is 9.35. The van der Waals surface area contributed by atoms with Gasteiger partial charge in [0.15, 0.2) is 0 Å². The monoisotopic (exact) mass is 164 g/mol. The molecule has 5 nitrogen and oxygen atoms in total. The molecule has 0 saturated carbocycles. The Kier molecular flexibility index (Phi) is 1.27. The van der Waals surface area contributed by atoms with Gasteiger partial charge >= 0.3 is 0 Å². The van der Waals surface area contributed by atoms with E-state index in [1.54, 1.807) is 11.7 Å². The number of nitrogens with zero attached hydrogens (tertiary/aromatic N) is 4. The van der Waals surface area contributed by atoms with Crippen LogP contribution in [0, 0.1) is 6.92 Å². The summed E-state index contributed by atoms with van der Waals surface area (Å²) in [7, 11) is 1.75. The highest BCUT2D eigenvalue weighted by Gasteiger charge is 2.09. The van der Waals surface area contributed by atoms with Gasteiger partial charge in [-0.2, -0.15) is 5.10 Å². The van der Waals surface area contributed by atoms with Crippen molar-refractivity contribution in [3.63, 3.8) is 0 Å². The van der Waals surface area contributed by atoms with Crippen molar-refractivity contribution < 1.29 is 5.11 Å². The van der Waals surface area contributed by atoms with Crippen molar-refractivity contribution in [1.82, 2.24) is 19.7 Å². The Balaban J connectivity index is 2.99. The average molecular weight is 164 g/mol. The summed E-state index contributed by atoms with van der Waals surface area (Å²) in [5, 5.41) is 13.5. The first-order valence-corrected chi connectivity index (χ1v) is 3.53. The third-order valence-corrected chi connectivity index (χ3v) is 1.77. The van der Waals surface area contributed by atoms with Crippen molar-refractivity contribution in [2.24, 2.45) is 7.05 Å². The zero-order valence-electron chi connectivity index (χ0n) is 6.81. The van der Waals surface area contributed by atoms with Crippen LogP contribution in [0.1, 0.15) is 5.69 Å². The fraction of sp³-hybridized carbons (Fsp3) is 0.286. The van der Waals surface area contributed by atoms with Crippen molar-refractivity contribution in [1.29, 1.82) is 0 Å². The summed E-state index contributed by atoms with van der Waals surface area (Å²) in [4.78, 5) is 7.67. The maximum absolute atomic E-state index is 9.35. The van der Waals surface area contributed by atoms with Crippen LogP contribution in [-0.2, 0) is 7.05 Å². The first-order valence-electron chi connectivity index (χ1n) is 3.53. The van der Waals surface area contributed by atoms with E-state index in [0.717, 1.165) is 5.69 Å². The third kappa shape index (κ3) is 0.761. The van der Waals surface area contributed by atoms with E-state index < -0.39 is 0 Å². The van der Waals surface area contributed by atoms with E-state index in [0.29, 0.717) is 11.0 Å². The highest BCUT2D eigenvalue weighted by Crippen LogP contribution is 2.20. The molecule has 0 atom stereocenters. The molecular formula is C7H8N4O. The first-order chi connectivity index (χ1) is 5.70. The lowest BCUT2D eigenvalue weighted by Gasteiger charge is -1.94. The molecule has 2 aromatic rings. The summed E-state index contributed by atoms with van der Waals surface area (Å²) in [6.45, 7) is 1.84. The Morgan fingerprint density at radius 2 is 2.17 bits per heavy atom. The van der Waals surface area contributed by atoms with Crippen LogP contribution in [-0.4, -0.2) is 24.9 Å². The van der Waals surface area contributed by atoms with Crippen molar-refractivity contribution in [2.45, 2.75) is 6.92 Å². The maximum Gasteiger partial charge on any atom is 0.240 e. The topological polar surface area (TPSA) is 63.8 Å². The second-order valence-electron chi connectivity index (χ2n) is 2.60. The summed E-state index contributed by atoms with van der Waals surface area (Å²) in [5.41, 5.74) is 2.07. The number of fused-ring (bicyclic) bond motifs is 1. The number of hydrogen-bond donors (Lipinski definition) is 1. The molecule has 0 bridgehead atoms. The minimum atomic E-state index is -0.0249. The van der Waals surface area contributed by atoms with Crippen LogP contribution in [0.5, 0.6) is 5.88 Å². The van der Waals surface area contributed by atoms with Crippen molar-refractivity contribution in [3.8, 4) is 5.88 Å². The van der Waals surface area contributed by atoms with E-state index in [9.17, 15) is 5.11 Å². The molecular weight excluding hydrogens is 156 g/mol. The minimum Gasteiger partial charge on any atom is -0.492 e. The lowest BCUT2D eigenvalue weighted by atomic mass is 10.4. The largest absolute Gasteiger partial charge is 0.492 e. The SMILES string of the molecule is Cc1nn(C)c2c(O)ncnc12. The standard InChI is InChI=1S/C7H8N4O/c1-4-5-6(11(2)10-4)7(12)9-3-8-5/h3H,1-2H3,(H,8,9,12). The lowest BCUT2D eigenvalue weighted by molar-refractivity contribution is 0.455. The minimum absolute atomic E-state index is 0.0249. The Morgan fingerprint density at radius 1 is 1.42 bits per heavy atom. The van der Waals surface area contributed by atoms with Gasteiger partial charge in [-0.3, -0.25) is 4.68 Å². The average Bonchev–Trinajstić information content (AvgIpc) is 2.29. The van der Waals surface area contributed by atoms with Crippen LogP contribution in [0.15, 0.2) is 6.33 Å². The molecule has 2 aromatic heterocycles. The van der Waals surface area contributed by atoms with E-state index in [2.05, 4.69) is 15.1 Å². The molecule has 0 saturated heterocycles. The smallest absolute Gasteiger partial charge is 0.240 e. The number of aryl methyl sites for hydroxylation is 2. The van der Waals surface area contributed by atoms with E-state index >= 15 is 0 Å². The van der Waals surface area contributed by atoms with Crippen LogP contribution in [0.4, 0.5) is 0 Å². The van der Waals surface area contributed by atoms with Gasteiger partial charge in [-0.05, 0) is 6.92 Å². The van der Waals surface area contributed by atoms with E-state index in [4.69, 9.17) is 0 Å². The quantitative estimate of drug-likeness (QED) is 0.611. The molecule has 62 valence electrons. The van der Waals surface area contributed by atoms with Gasteiger partial charge in [0.05, 0.1) is 5.69 Å². The van der Waals surface area contributed by atoms with Crippen molar-refractivity contribution in [3.05, 3.63) is 12.0 Å². The Labute approximate surface area is 68.7 Å². The van der Waals surface area contributed by atoms with Gasteiger partial charge in [-0.25, -0.2) is 9.97 Å². The predicted octanol–water partition coefficient (Wildman–Crippen LogP) is 0.377. The summed E-state index contributed by atoms with van der Waals surface area (Å²) in [5.74, 6) is -0.0249. The first kappa shape index (κ1) is 7.02. The van der Waals surface area contributed by atoms with Gasteiger partial charge in [0.25, 0.3) is 0 Å². The second kappa shape index (κ2) is 2.17. The molecule has 0 spiro atoms. The van der Waals surface area contributed by atoms with E-state index in [-0.39, 0.29) is 5.88 Å². The Bertz CT molecular complexity index is 434. The number of rotatable bonds is 0. The molecule has 1 N–H and O–H groups in total. The van der Waals surface area contributed by atoms with Crippen LogP contribution in [0.2, 0.25) is 0 Å². The molecule has 0 unspecified atom stereocenters. The van der Waals surface area contributed by atoms with Crippen LogP contribution >= 0.6 is 0 Å². The Morgan fingerprint density at radius 3 is 2.83 bits per heavy atom. The molecule has 0 fully saturated rings. The summed E-state index contributed by atoms with van der Waals surface area (Å²) < 4.78 is 1.57. The van der Waals surface area contributed by atoms with Gasteiger partial charge in [0.2, 0.25) is 5.88 Å². The molecule has 0 aliphatic heterocycles. The normalized spacial score (nSPS) is 10.8. The van der Waals surface area contributed by atoms with Gasteiger partial charge in [-0.1, -0.05) is 0 Å². The summed E-state index contributed by atoms with van der Waals surface area (Å²) >= 11 is 0. The van der Waals surface area contributed by atoms with Crippen molar-refractivity contribution in [2.75, 3.05) is 0 Å². The van der Waals surface area contributed by atoms with Crippen molar-refractivity contribution >= 4 is 11.0 Å². The third-order valence-electron chi connectivity index (χ3n) is 1.77. The number of aromatic nitrogens is 4. The molecule has 0 aromatic carbocycles. The van der Waals surface area contributed by atoms with Gasteiger partial charge in [0.1, 0.15) is 17.4 Å². The zero-order valence-corrected chi connectivity index (χ0v) is 6.81. The highest BCUT2D eigenvalue weighted by atomic mass is 16.3. The predicted molar refractivity (Wildman–Crippen MR) is 42.7 cm³/mol. The molecule has 0 aliphatic carbocycles. The van der Waals surface area contributed by atoms with Crippen LogP contribution in [0.25, 0.3) is 11.0 Å². The fourth-order valence-corrected chi connectivity index (χ4v) is 1.25. The lowest BCUT2D eigenvalue weighted by Crippen LogP contribution is -1.90. The Hall–Kier alpha value is -1.65. The summed E-state index contributed by atoms with van der Waals surface area (Å²) in [6, 6.07) is 0. The zero-order chi connectivity index (χ0) is 8.72. The fourth-order valence-electron chi connectivity index (χ4n) is 1.25. The molecule has 0 radical (unpaired) electrons. The molecule has 0 amide bonds. The van der Waals surface area contributed by atoms with Crippen LogP contribution < -0.4 is 0 Å². The molecule has 0 aliphatic rings.